The molecule has 3 aliphatic heterocycles. The van der Waals surface area contributed by atoms with Gasteiger partial charge in [-0.1, -0.05) is 18.2 Å². The third-order valence-corrected chi connectivity index (χ3v) is 4.49. The minimum Gasteiger partial charge on any atom is -0.490 e. The highest BCUT2D eigenvalue weighted by Crippen LogP contribution is 2.27. The number of amidine groups is 2. The molecular formula is C17H18F3N5O. The first-order chi connectivity index (χ1) is 12.5. The van der Waals surface area contributed by atoms with E-state index < -0.39 is 18.2 Å². The van der Waals surface area contributed by atoms with Gasteiger partial charge in [0, 0.05) is 25.9 Å². The van der Waals surface area contributed by atoms with Crippen LogP contribution in [0.5, 0.6) is 5.75 Å². The average molecular weight is 365 g/mol. The smallest absolute Gasteiger partial charge is 0.453 e. The van der Waals surface area contributed by atoms with Gasteiger partial charge >= 0.3 is 6.18 Å². The summed E-state index contributed by atoms with van der Waals surface area (Å²) in [7, 11) is 0. The zero-order valence-electron chi connectivity index (χ0n) is 13.9. The standard InChI is InChI=1S/C17H18F3N5O/c18-17(19,20)16-22-21-14-6-7-15(23-25(14)16)24-10-8-13(9-11-24)26-12-4-2-1-3-5-12/h1-7,13-14,21H,8-11H2. The molecule has 1 atom stereocenters. The third-order valence-electron chi connectivity index (χ3n) is 4.49. The first-order valence-corrected chi connectivity index (χ1v) is 8.44. The summed E-state index contributed by atoms with van der Waals surface area (Å²) < 4.78 is 45.0. The lowest BCUT2D eigenvalue weighted by atomic mass is 10.1. The Bertz CT molecular complexity index is 739. The largest absolute Gasteiger partial charge is 0.490 e. The van der Waals surface area contributed by atoms with Crippen LogP contribution in [0.4, 0.5) is 13.2 Å². The fourth-order valence-electron chi connectivity index (χ4n) is 3.18. The molecule has 4 rings (SSSR count). The van der Waals surface area contributed by atoms with E-state index in [0.717, 1.165) is 23.6 Å². The highest BCUT2D eigenvalue weighted by Gasteiger charge is 2.46. The molecule has 0 spiro atoms. The molecule has 138 valence electrons. The number of likely N-dealkylation sites (tertiary alicyclic amines) is 1. The number of hydrazone groups is 2. The summed E-state index contributed by atoms with van der Waals surface area (Å²) in [5, 5.41) is 8.41. The van der Waals surface area contributed by atoms with Crippen molar-refractivity contribution in [1.29, 1.82) is 0 Å². The van der Waals surface area contributed by atoms with E-state index in [2.05, 4.69) is 15.6 Å². The van der Waals surface area contributed by atoms with Gasteiger partial charge in [-0.05, 0) is 24.3 Å². The molecule has 0 radical (unpaired) electrons. The van der Waals surface area contributed by atoms with E-state index in [1.165, 1.54) is 0 Å². The molecular weight excluding hydrogens is 347 g/mol. The molecule has 1 saturated heterocycles. The van der Waals surface area contributed by atoms with Gasteiger partial charge in [0.25, 0.3) is 5.84 Å². The summed E-state index contributed by atoms with van der Waals surface area (Å²) in [4.78, 5) is 1.98. The second-order valence-electron chi connectivity index (χ2n) is 6.29. The molecule has 0 bridgehead atoms. The Labute approximate surface area is 148 Å². The van der Waals surface area contributed by atoms with Crippen molar-refractivity contribution < 1.29 is 17.9 Å². The van der Waals surface area contributed by atoms with E-state index in [9.17, 15) is 13.2 Å². The highest BCUT2D eigenvalue weighted by atomic mass is 19.4. The topological polar surface area (TPSA) is 52.5 Å². The molecule has 3 aliphatic rings. The van der Waals surface area contributed by atoms with Crippen LogP contribution >= 0.6 is 0 Å². The predicted molar refractivity (Wildman–Crippen MR) is 90.5 cm³/mol. The highest BCUT2D eigenvalue weighted by molar-refractivity contribution is 5.97. The molecule has 0 aromatic heterocycles. The number of hydrogen-bond acceptors (Lipinski definition) is 6. The molecule has 26 heavy (non-hydrogen) atoms. The van der Waals surface area contributed by atoms with Crippen molar-refractivity contribution in [3.63, 3.8) is 0 Å². The number of piperidine rings is 1. The number of halogens is 3. The zero-order valence-corrected chi connectivity index (χ0v) is 13.9. The van der Waals surface area contributed by atoms with Crippen molar-refractivity contribution in [2.75, 3.05) is 13.1 Å². The number of rotatable bonds is 2. The molecule has 9 heteroatoms. The third kappa shape index (κ3) is 3.33. The molecule has 1 unspecified atom stereocenters. The monoisotopic (exact) mass is 365 g/mol. The van der Waals surface area contributed by atoms with Crippen molar-refractivity contribution in [1.82, 2.24) is 15.3 Å². The lowest BCUT2D eigenvalue weighted by Gasteiger charge is -2.35. The second-order valence-corrected chi connectivity index (χ2v) is 6.29. The lowest BCUT2D eigenvalue weighted by Crippen LogP contribution is -2.47. The molecule has 1 N–H and O–H groups in total. The summed E-state index contributed by atoms with van der Waals surface area (Å²) in [6.45, 7) is 1.34. The molecule has 1 aromatic rings. The number of nitrogens with zero attached hydrogens (tertiary/aromatic N) is 4. The van der Waals surface area contributed by atoms with Gasteiger partial charge in [-0.3, -0.25) is 5.43 Å². The maximum atomic E-state index is 13.0. The van der Waals surface area contributed by atoms with E-state index in [1.54, 1.807) is 12.2 Å². The molecule has 6 nitrogen and oxygen atoms in total. The van der Waals surface area contributed by atoms with Gasteiger partial charge in [0.2, 0.25) is 0 Å². The summed E-state index contributed by atoms with van der Waals surface area (Å²) in [6, 6.07) is 9.61. The van der Waals surface area contributed by atoms with Gasteiger partial charge in [-0.2, -0.15) is 23.4 Å². The Morgan fingerprint density at radius 3 is 2.54 bits per heavy atom. The normalized spacial score (nSPS) is 23.3. The Kier molecular flexibility index (Phi) is 4.21. The number of para-hydroxylation sites is 1. The number of nitrogens with one attached hydrogen (secondary N) is 1. The van der Waals surface area contributed by atoms with Gasteiger partial charge in [0.05, 0.1) is 0 Å². The molecule has 1 aromatic carbocycles. The van der Waals surface area contributed by atoms with E-state index in [4.69, 9.17) is 4.74 Å². The Morgan fingerprint density at radius 2 is 1.85 bits per heavy atom. The number of fused-ring (bicyclic) bond motifs is 1. The quantitative estimate of drug-likeness (QED) is 0.875. The number of alkyl halides is 3. The summed E-state index contributed by atoms with van der Waals surface area (Å²) in [5.74, 6) is 0.324. The van der Waals surface area contributed by atoms with Gasteiger partial charge in [0.15, 0.2) is 6.17 Å². The first kappa shape index (κ1) is 16.7. The van der Waals surface area contributed by atoms with Crippen LogP contribution in [0.3, 0.4) is 0 Å². The van der Waals surface area contributed by atoms with E-state index in [-0.39, 0.29) is 6.10 Å². The first-order valence-electron chi connectivity index (χ1n) is 8.44. The SMILES string of the molecule is FC(F)(F)C1=NNC2C=CC(N3CCC(Oc4ccccc4)CC3)=NN12. The van der Waals surface area contributed by atoms with Crippen LogP contribution in [0.1, 0.15) is 12.8 Å². The minimum atomic E-state index is -4.54. The fourth-order valence-corrected chi connectivity index (χ4v) is 3.18. The van der Waals surface area contributed by atoms with Crippen LogP contribution in [0.15, 0.2) is 52.7 Å². The molecule has 3 heterocycles. The Morgan fingerprint density at radius 1 is 1.12 bits per heavy atom. The maximum Gasteiger partial charge on any atom is 0.453 e. The molecule has 0 amide bonds. The summed E-state index contributed by atoms with van der Waals surface area (Å²) in [6.07, 6.45) is -0.200. The Hall–Kier alpha value is -2.71. The maximum absolute atomic E-state index is 13.0. The average Bonchev–Trinajstić information content (AvgIpc) is 3.07. The van der Waals surface area contributed by atoms with E-state index in [1.807, 2.05) is 35.2 Å². The van der Waals surface area contributed by atoms with Crippen LogP contribution in [0, 0.1) is 0 Å². The number of ether oxygens (including phenoxy) is 1. The van der Waals surface area contributed by atoms with Crippen molar-refractivity contribution in [3.8, 4) is 5.75 Å². The van der Waals surface area contributed by atoms with E-state index >= 15 is 0 Å². The lowest BCUT2D eigenvalue weighted by molar-refractivity contribution is -0.0681. The van der Waals surface area contributed by atoms with Gasteiger partial charge in [-0.25, -0.2) is 5.01 Å². The van der Waals surface area contributed by atoms with Crippen molar-refractivity contribution in [2.45, 2.75) is 31.3 Å². The molecule has 0 aliphatic carbocycles. The number of benzene rings is 1. The van der Waals surface area contributed by atoms with Crippen LogP contribution in [-0.2, 0) is 0 Å². The van der Waals surface area contributed by atoms with Crippen LogP contribution in [-0.4, -0.2) is 53.1 Å². The second kappa shape index (κ2) is 6.54. The minimum absolute atomic E-state index is 0.0929. The van der Waals surface area contributed by atoms with Crippen molar-refractivity contribution in [3.05, 3.63) is 42.5 Å². The van der Waals surface area contributed by atoms with Gasteiger partial charge < -0.3 is 9.64 Å². The van der Waals surface area contributed by atoms with Crippen LogP contribution < -0.4 is 10.2 Å². The van der Waals surface area contributed by atoms with Gasteiger partial charge in [0.1, 0.15) is 17.7 Å². The molecule has 1 fully saturated rings. The van der Waals surface area contributed by atoms with E-state index in [0.29, 0.717) is 18.9 Å². The van der Waals surface area contributed by atoms with Crippen LogP contribution in [0.25, 0.3) is 0 Å². The van der Waals surface area contributed by atoms with Crippen molar-refractivity contribution in [2.24, 2.45) is 10.2 Å². The van der Waals surface area contributed by atoms with Crippen molar-refractivity contribution >= 4 is 11.7 Å². The predicted octanol–water partition coefficient (Wildman–Crippen LogP) is 2.52. The summed E-state index contributed by atoms with van der Waals surface area (Å²) >= 11 is 0. The Balaban J connectivity index is 1.39. The summed E-state index contributed by atoms with van der Waals surface area (Å²) in [5.41, 5.74) is 2.43. The molecule has 0 saturated carbocycles. The van der Waals surface area contributed by atoms with Gasteiger partial charge in [-0.15, -0.1) is 0 Å². The zero-order chi connectivity index (χ0) is 18.1. The fraction of sp³-hybridized carbons (Fsp3) is 0.412. The number of hydrogen-bond donors (Lipinski definition) is 1. The van der Waals surface area contributed by atoms with Crippen LogP contribution in [0.2, 0.25) is 0 Å².